The Morgan fingerprint density at radius 3 is 2.65 bits per heavy atom. The zero-order valence-electron chi connectivity index (χ0n) is 17.9. The van der Waals surface area contributed by atoms with Crippen LogP contribution in [0.2, 0.25) is 0 Å². The molecule has 1 fully saturated rings. The zero-order chi connectivity index (χ0) is 21.8. The van der Waals surface area contributed by atoms with Gasteiger partial charge in [-0.05, 0) is 56.7 Å². The highest BCUT2D eigenvalue weighted by Crippen LogP contribution is 2.29. The number of carbonyl (C=O) groups excluding carboxylic acids is 2. The van der Waals surface area contributed by atoms with Gasteiger partial charge in [0.2, 0.25) is 5.91 Å². The number of benzene rings is 1. The summed E-state index contributed by atoms with van der Waals surface area (Å²) in [6.07, 6.45) is 5.16. The Morgan fingerprint density at radius 1 is 1.13 bits per heavy atom. The van der Waals surface area contributed by atoms with Crippen molar-refractivity contribution in [2.45, 2.75) is 51.6 Å². The van der Waals surface area contributed by atoms with Gasteiger partial charge in [0.05, 0.1) is 16.1 Å². The summed E-state index contributed by atoms with van der Waals surface area (Å²) >= 11 is 1.56. The number of rotatable bonds is 6. The second-order valence-electron chi connectivity index (χ2n) is 8.35. The number of aromatic nitrogens is 2. The zero-order valence-corrected chi connectivity index (χ0v) is 18.7. The van der Waals surface area contributed by atoms with Crippen LogP contribution >= 0.6 is 11.3 Å². The van der Waals surface area contributed by atoms with E-state index in [1.165, 1.54) is 0 Å². The van der Waals surface area contributed by atoms with E-state index in [1.54, 1.807) is 22.2 Å². The van der Waals surface area contributed by atoms with E-state index in [2.05, 4.69) is 10.6 Å². The lowest BCUT2D eigenvalue weighted by atomic mass is 9.85. The number of amides is 2. The van der Waals surface area contributed by atoms with Gasteiger partial charge in [0.25, 0.3) is 5.91 Å². The van der Waals surface area contributed by atoms with Gasteiger partial charge in [-0.1, -0.05) is 30.7 Å². The number of nitrogens with one attached hydrogen (secondary N) is 2. The van der Waals surface area contributed by atoms with E-state index in [9.17, 15) is 9.59 Å². The van der Waals surface area contributed by atoms with Crippen LogP contribution in [0.25, 0.3) is 16.3 Å². The fraction of sp³-hybridized carbons (Fsp3) is 0.375. The predicted octanol–water partition coefficient (Wildman–Crippen LogP) is 4.41. The molecular formula is C24H28N4O2S. The van der Waals surface area contributed by atoms with Gasteiger partial charge >= 0.3 is 0 Å². The Kier molecular flexibility index (Phi) is 6.51. The second kappa shape index (κ2) is 9.47. The average molecular weight is 437 g/mol. The van der Waals surface area contributed by atoms with Crippen LogP contribution < -0.4 is 10.6 Å². The van der Waals surface area contributed by atoms with Crippen molar-refractivity contribution < 1.29 is 9.59 Å². The molecule has 1 aliphatic rings. The number of nitrogens with zero attached hydrogens (tertiary/aromatic N) is 2. The molecule has 0 aliphatic heterocycles. The van der Waals surface area contributed by atoms with Crippen LogP contribution in [0.15, 0.2) is 54.0 Å². The molecular weight excluding hydrogens is 408 g/mol. The summed E-state index contributed by atoms with van der Waals surface area (Å²) in [7, 11) is 0. The maximum atomic E-state index is 13.3. The van der Waals surface area contributed by atoms with Crippen LogP contribution in [0.4, 0.5) is 0 Å². The Balaban J connectivity index is 1.54. The van der Waals surface area contributed by atoms with Gasteiger partial charge in [0.1, 0.15) is 5.69 Å². The molecule has 2 atom stereocenters. The molecule has 2 aromatic heterocycles. The van der Waals surface area contributed by atoms with Crippen molar-refractivity contribution in [2.75, 3.05) is 0 Å². The fourth-order valence-corrected chi connectivity index (χ4v) is 4.80. The van der Waals surface area contributed by atoms with Crippen LogP contribution in [0.3, 0.4) is 0 Å². The number of hydrogen-bond donors (Lipinski definition) is 2. The molecule has 1 saturated carbocycles. The van der Waals surface area contributed by atoms with Gasteiger partial charge in [0, 0.05) is 24.2 Å². The summed E-state index contributed by atoms with van der Waals surface area (Å²) in [5.74, 6) is -0.101. The molecule has 6 nitrogen and oxygen atoms in total. The topological polar surface area (TPSA) is 76.0 Å². The van der Waals surface area contributed by atoms with Gasteiger partial charge in [-0.25, -0.2) is 4.68 Å². The standard InChI is InChI=1S/C24H28N4O2S/c1-16(2)25-23(29)17-8-6-9-18(14-17)26-24(30)20-15-28(19-10-4-3-5-11-19)27-22(20)21-12-7-13-31-21/h3-5,7,10-13,15-18H,6,8-9,14H2,1-2H3,(H,25,29)(H,26,30). The molecule has 1 aromatic carbocycles. The molecule has 0 bridgehead atoms. The lowest BCUT2D eigenvalue weighted by molar-refractivity contribution is -0.126. The Hall–Kier alpha value is -2.93. The highest BCUT2D eigenvalue weighted by atomic mass is 32.1. The van der Waals surface area contributed by atoms with Crippen molar-refractivity contribution in [3.63, 3.8) is 0 Å². The van der Waals surface area contributed by atoms with Gasteiger partial charge in [-0.3, -0.25) is 9.59 Å². The van der Waals surface area contributed by atoms with Crippen LogP contribution in [-0.2, 0) is 4.79 Å². The SMILES string of the molecule is CC(C)NC(=O)C1CCCC(NC(=O)c2cn(-c3ccccc3)nc2-c2cccs2)C1. The second-order valence-corrected chi connectivity index (χ2v) is 9.29. The predicted molar refractivity (Wildman–Crippen MR) is 123 cm³/mol. The number of thiophene rings is 1. The van der Waals surface area contributed by atoms with Crippen LogP contribution in [0.5, 0.6) is 0 Å². The minimum absolute atomic E-state index is 0.0135. The molecule has 0 spiro atoms. The van der Waals surface area contributed by atoms with Crippen molar-refractivity contribution in [1.82, 2.24) is 20.4 Å². The third-order valence-corrected chi connectivity index (χ3v) is 6.42. The van der Waals surface area contributed by atoms with Crippen molar-refractivity contribution >= 4 is 23.2 Å². The highest BCUT2D eigenvalue weighted by molar-refractivity contribution is 7.13. The number of hydrogen-bond acceptors (Lipinski definition) is 4. The van der Waals surface area contributed by atoms with Crippen LogP contribution in [-0.4, -0.2) is 33.7 Å². The molecule has 2 heterocycles. The monoisotopic (exact) mass is 436 g/mol. The summed E-state index contributed by atoms with van der Waals surface area (Å²) in [4.78, 5) is 26.7. The van der Waals surface area contributed by atoms with E-state index in [0.29, 0.717) is 17.7 Å². The largest absolute Gasteiger partial charge is 0.354 e. The van der Waals surface area contributed by atoms with Crippen molar-refractivity contribution in [2.24, 2.45) is 5.92 Å². The molecule has 4 rings (SSSR count). The van der Waals surface area contributed by atoms with E-state index in [0.717, 1.165) is 29.8 Å². The molecule has 0 radical (unpaired) electrons. The van der Waals surface area contributed by atoms with E-state index in [1.807, 2.05) is 61.7 Å². The van der Waals surface area contributed by atoms with E-state index >= 15 is 0 Å². The first kappa shape index (κ1) is 21.3. The van der Waals surface area contributed by atoms with E-state index < -0.39 is 0 Å². The smallest absolute Gasteiger partial charge is 0.255 e. The Morgan fingerprint density at radius 2 is 1.94 bits per heavy atom. The third kappa shape index (κ3) is 5.05. The Bertz CT molecular complexity index is 1030. The van der Waals surface area contributed by atoms with Crippen molar-refractivity contribution in [1.29, 1.82) is 0 Å². The number of para-hydroxylation sites is 1. The van der Waals surface area contributed by atoms with Gasteiger partial charge < -0.3 is 10.6 Å². The summed E-state index contributed by atoms with van der Waals surface area (Å²) in [6, 6.07) is 13.8. The normalized spacial score (nSPS) is 18.7. The molecule has 1 aliphatic carbocycles. The fourth-order valence-electron chi connectivity index (χ4n) is 4.07. The van der Waals surface area contributed by atoms with Crippen LogP contribution in [0, 0.1) is 5.92 Å². The summed E-state index contributed by atoms with van der Waals surface area (Å²) in [5, 5.41) is 12.9. The van der Waals surface area contributed by atoms with Crippen molar-refractivity contribution in [3.8, 4) is 16.3 Å². The van der Waals surface area contributed by atoms with E-state index in [4.69, 9.17) is 5.10 Å². The van der Waals surface area contributed by atoms with Gasteiger partial charge in [0.15, 0.2) is 0 Å². The van der Waals surface area contributed by atoms with Gasteiger partial charge in [-0.2, -0.15) is 5.10 Å². The minimum atomic E-state index is -0.138. The van der Waals surface area contributed by atoms with Crippen LogP contribution in [0.1, 0.15) is 49.9 Å². The van der Waals surface area contributed by atoms with Crippen molar-refractivity contribution in [3.05, 3.63) is 59.6 Å². The average Bonchev–Trinajstić information content (AvgIpc) is 3.44. The summed E-state index contributed by atoms with van der Waals surface area (Å²) in [5.41, 5.74) is 2.14. The molecule has 2 amide bonds. The maximum Gasteiger partial charge on any atom is 0.255 e. The van der Waals surface area contributed by atoms with E-state index in [-0.39, 0.29) is 29.8 Å². The quantitative estimate of drug-likeness (QED) is 0.601. The molecule has 3 aromatic rings. The first-order valence-electron chi connectivity index (χ1n) is 10.8. The Labute approximate surface area is 186 Å². The molecule has 2 unspecified atom stereocenters. The molecule has 7 heteroatoms. The molecule has 31 heavy (non-hydrogen) atoms. The maximum absolute atomic E-state index is 13.3. The third-order valence-electron chi connectivity index (χ3n) is 5.55. The minimum Gasteiger partial charge on any atom is -0.354 e. The van der Waals surface area contributed by atoms with Gasteiger partial charge in [-0.15, -0.1) is 11.3 Å². The molecule has 162 valence electrons. The lowest BCUT2D eigenvalue weighted by Crippen LogP contribution is -2.43. The molecule has 0 saturated heterocycles. The molecule has 2 N–H and O–H groups in total. The first-order valence-corrected chi connectivity index (χ1v) is 11.7. The highest BCUT2D eigenvalue weighted by Gasteiger charge is 2.29. The number of carbonyl (C=O) groups is 2. The summed E-state index contributed by atoms with van der Waals surface area (Å²) in [6.45, 7) is 3.94. The lowest BCUT2D eigenvalue weighted by Gasteiger charge is -2.29. The summed E-state index contributed by atoms with van der Waals surface area (Å²) < 4.78 is 1.75. The first-order chi connectivity index (χ1) is 15.0.